The van der Waals surface area contributed by atoms with E-state index in [1.807, 2.05) is 19.1 Å². The van der Waals surface area contributed by atoms with Crippen LogP contribution in [-0.2, 0) is 4.79 Å². The molecule has 2 N–H and O–H groups in total. The molecule has 1 heterocycles. The lowest BCUT2D eigenvalue weighted by Gasteiger charge is -2.12. The molecule has 0 saturated heterocycles. The molecule has 12 heteroatoms. The monoisotopic (exact) mass is 503 g/mol. The molecule has 0 aliphatic carbocycles. The molecule has 0 radical (unpaired) electrons. The van der Waals surface area contributed by atoms with Gasteiger partial charge in [-0.15, -0.1) is 4.68 Å². The molecule has 0 bridgehead atoms. The number of carbonyl (C=O) groups excluding carboxylic acids is 1. The Labute approximate surface area is 208 Å². The highest BCUT2D eigenvalue weighted by Gasteiger charge is 2.23. The maximum atomic E-state index is 12.7. The Balaban J connectivity index is 1.62. The molecule has 0 fully saturated rings. The number of ether oxygens (including phenoxy) is 2. The number of aryl methyl sites for hydroxylation is 1. The van der Waals surface area contributed by atoms with Crippen molar-refractivity contribution in [1.82, 2.24) is 9.66 Å². The van der Waals surface area contributed by atoms with Gasteiger partial charge in [-0.3, -0.25) is 19.7 Å². The quantitative estimate of drug-likeness (QED) is 0.213. The smallest absolute Gasteiger partial charge is 0.349 e. The van der Waals surface area contributed by atoms with Gasteiger partial charge in [0.15, 0.2) is 12.4 Å². The third kappa shape index (κ3) is 5.37. The van der Waals surface area contributed by atoms with Gasteiger partial charge >= 0.3 is 11.4 Å². The number of H-pyrrole nitrogens is 1. The highest BCUT2D eigenvalue weighted by Crippen LogP contribution is 2.38. The molecule has 4 rings (SSSR count). The van der Waals surface area contributed by atoms with Gasteiger partial charge in [-0.1, -0.05) is 30.3 Å². The van der Waals surface area contributed by atoms with Crippen molar-refractivity contribution in [1.29, 1.82) is 0 Å². The van der Waals surface area contributed by atoms with Crippen LogP contribution < -0.4 is 26.0 Å². The first-order valence-corrected chi connectivity index (χ1v) is 10.9. The molecular weight excluding hydrogens is 482 g/mol. The third-order valence-corrected chi connectivity index (χ3v) is 5.35. The summed E-state index contributed by atoms with van der Waals surface area (Å²) in [6, 6.07) is 16.1. The molecule has 188 valence electrons. The number of hydrogen-bond donors (Lipinski definition) is 2. The zero-order chi connectivity index (χ0) is 26.5. The van der Waals surface area contributed by atoms with Crippen molar-refractivity contribution < 1.29 is 19.2 Å². The van der Waals surface area contributed by atoms with Crippen LogP contribution in [-0.4, -0.2) is 40.4 Å². The van der Waals surface area contributed by atoms with Gasteiger partial charge in [0.05, 0.1) is 29.2 Å². The third-order valence-electron chi connectivity index (χ3n) is 5.35. The number of para-hydroxylation sites is 2. The van der Waals surface area contributed by atoms with Gasteiger partial charge in [-0.05, 0) is 36.8 Å². The molecule has 12 nitrogen and oxygen atoms in total. The number of nitrogens with zero attached hydrogens (tertiary/aromatic N) is 3. The van der Waals surface area contributed by atoms with E-state index in [2.05, 4.69) is 15.4 Å². The van der Waals surface area contributed by atoms with Gasteiger partial charge in [-0.2, -0.15) is 5.10 Å². The van der Waals surface area contributed by atoms with Crippen LogP contribution in [0.3, 0.4) is 0 Å². The lowest BCUT2D eigenvalue weighted by atomic mass is 10.2. The zero-order valence-electron chi connectivity index (χ0n) is 19.8. The van der Waals surface area contributed by atoms with Gasteiger partial charge in [0.25, 0.3) is 11.5 Å². The van der Waals surface area contributed by atoms with E-state index in [-0.39, 0.29) is 22.4 Å². The lowest BCUT2D eigenvalue weighted by molar-refractivity contribution is -0.385. The van der Waals surface area contributed by atoms with Crippen molar-refractivity contribution >= 4 is 34.4 Å². The van der Waals surface area contributed by atoms with E-state index in [1.165, 1.54) is 19.2 Å². The minimum Gasteiger partial charge on any atom is -0.493 e. The van der Waals surface area contributed by atoms with Crippen LogP contribution in [0.4, 0.5) is 11.4 Å². The summed E-state index contributed by atoms with van der Waals surface area (Å²) in [5.74, 6) is -0.824. The second-order valence-electron chi connectivity index (χ2n) is 7.82. The predicted molar refractivity (Wildman–Crippen MR) is 137 cm³/mol. The Morgan fingerprint density at radius 1 is 1.16 bits per heavy atom. The van der Waals surface area contributed by atoms with Crippen LogP contribution in [0.25, 0.3) is 10.9 Å². The first-order chi connectivity index (χ1) is 17.8. The Morgan fingerprint density at radius 2 is 1.89 bits per heavy atom. The summed E-state index contributed by atoms with van der Waals surface area (Å²) in [7, 11) is 1.28. The molecule has 0 unspecified atom stereocenters. The van der Waals surface area contributed by atoms with E-state index in [1.54, 1.807) is 30.3 Å². The normalized spacial score (nSPS) is 11.0. The molecule has 0 spiro atoms. The van der Waals surface area contributed by atoms with Gasteiger partial charge in [-0.25, -0.2) is 4.79 Å². The number of nitrogens with one attached hydrogen (secondary N) is 2. The molecular formula is C25H21N5O7. The van der Waals surface area contributed by atoms with Crippen molar-refractivity contribution in [2.24, 2.45) is 5.10 Å². The number of carbonyl (C=O) groups is 1. The van der Waals surface area contributed by atoms with Gasteiger partial charge < -0.3 is 19.8 Å². The Hall–Kier alpha value is -5.26. The van der Waals surface area contributed by atoms with E-state index >= 15 is 0 Å². The number of amides is 1. The summed E-state index contributed by atoms with van der Waals surface area (Å²) < 4.78 is 11.3. The van der Waals surface area contributed by atoms with Crippen molar-refractivity contribution in [3.8, 4) is 11.5 Å². The summed E-state index contributed by atoms with van der Waals surface area (Å²) >= 11 is 0. The number of fused-ring (bicyclic) bond motifs is 1. The zero-order valence-corrected chi connectivity index (χ0v) is 19.8. The van der Waals surface area contributed by atoms with Crippen molar-refractivity contribution in [3.05, 3.63) is 103 Å². The molecule has 0 saturated carbocycles. The summed E-state index contributed by atoms with van der Waals surface area (Å²) in [5.41, 5.74) is 0.00590. The number of nitro groups is 1. The van der Waals surface area contributed by atoms with Crippen LogP contribution in [0.1, 0.15) is 11.1 Å². The second kappa shape index (κ2) is 10.6. The van der Waals surface area contributed by atoms with Crippen LogP contribution >= 0.6 is 0 Å². The van der Waals surface area contributed by atoms with Crippen LogP contribution in [0.5, 0.6) is 11.5 Å². The second-order valence-corrected chi connectivity index (χ2v) is 7.82. The number of benzene rings is 3. The molecule has 1 aromatic heterocycles. The molecule has 3 aromatic carbocycles. The van der Waals surface area contributed by atoms with Crippen LogP contribution in [0, 0.1) is 17.0 Å². The van der Waals surface area contributed by atoms with Gasteiger partial charge in [0.2, 0.25) is 5.75 Å². The van der Waals surface area contributed by atoms with Crippen molar-refractivity contribution in [2.45, 2.75) is 6.92 Å². The summed E-state index contributed by atoms with van der Waals surface area (Å²) in [4.78, 5) is 51.0. The number of methoxy groups -OCH3 is 1. The molecule has 0 atom stereocenters. The summed E-state index contributed by atoms with van der Waals surface area (Å²) in [6.07, 6.45) is 1.11. The summed E-state index contributed by atoms with van der Waals surface area (Å²) in [6.45, 7) is 1.31. The minimum atomic E-state index is -0.777. The Bertz CT molecular complexity index is 1660. The fourth-order valence-corrected chi connectivity index (χ4v) is 3.53. The first kappa shape index (κ1) is 24.9. The highest BCUT2D eigenvalue weighted by molar-refractivity contribution is 5.92. The highest BCUT2D eigenvalue weighted by atomic mass is 16.6. The average molecular weight is 503 g/mol. The van der Waals surface area contributed by atoms with E-state index in [0.29, 0.717) is 15.9 Å². The average Bonchev–Trinajstić information content (AvgIpc) is 2.88. The number of nitro benzene ring substituents is 1. The van der Waals surface area contributed by atoms with Gasteiger partial charge in [0.1, 0.15) is 0 Å². The molecule has 37 heavy (non-hydrogen) atoms. The maximum absolute atomic E-state index is 12.7. The van der Waals surface area contributed by atoms with Crippen LogP contribution in [0.2, 0.25) is 0 Å². The van der Waals surface area contributed by atoms with Crippen molar-refractivity contribution in [3.63, 3.8) is 0 Å². The fourth-order valence-electron chi connectivity index (χ4n) is 3.53. The predicted octanol–water partition coefficient (Wildman–Crippen LogP) is 2.81. The molecule has 0 aliphatic rings. The van der Waals surface area contributed by atoms with Crippen LogP contribution in [0.15, 0.2) is 75.4 Å². The number of hydrogen-bond acceptors (Lipinski definition) is 8. The topological polar surface area (TPSA) is 158 Å². The standard InChI is InChI=1S/C25H21N5O7/c1-15-7-3-5-9-18(15)27-22(31)14-37-23-20(30(34)35)11-16(12-21(23)36-2)13-26-29-24(32)17-8-4-6-10-19(17)28-25(29)33/h3-13H,14H2,1-2H3,(H,27,31)(H,28,33). The first-order valence-electron chi connectivity index (χ1n) is 10.9. The Morgan fingerprint density at radius 3 is 2.62 bits per heavy atom. The molecule has 4 aromatic rings. The minimum absolute atomic E-state index is 0.0425. The van der Waals surface area contributed by atoms with E-state index in [4.69, 9.17) is 9.47 Å². The maximum Gasteiger partial charge on any atom is 0.349 e. The van der Waals surface area contributed by atoms with E-state index in [0.717, 1.165) is 17.8 Å². The number of aromatic amines is 1. The van der Waals surface area contributed by atoms with E-state index in [9.17, 15) is 24.5 Å². The number of rotatable bonds is 8. The largest absolute Gasteiger partial charge is 0.493 e. The summed E-state index contributed by atoms with van der Waals surface area (Å²) in [5, 5.41) is 18.6. The fraction of sp³-hybridized carbons (Fsp3) is 0.120. The number of aromatic nitrogens is 2. The SMILES string of the molecule is COc1cc(C=Nn2c(=O)[nH]c3ccccc3c2=O)cc([N+](=O)[O-])c1OCC(=O)Nc1ccccc1C. The molecule has 0 aliphatic heterocycles. The molecule has 1 amide bonds. The lowest BCUT2D eigenvalue weighted by Crippen LogP contribution is -2.32. The van der Waals surface area contributed by atoms with Crippen molar-refractivity contribution in [2.75, 3.05) is 19.0 Å². The van der Waals surface area contributed by atoms with Gasteiger partial charge in [0, 0.05) is 17.3 Å². The Kier molecular flexibility index (Phi) is 7.09. The number of anilines is 1. The van der Waals surface area contributed by atoms with E-state index < -0.39 is 34.4 Å².